The van der Waals surface area contributed by atoms with Crippen LogP contribution in [0.25, 0.3) is 11.2 Å². The van der Waals surface area contributed by atoms with Gasteiger partial charge in [-0.3, -0.25) is 4.57 Å². The highest BCUT2D eigenvalue weighted by molar-refractivity contribution is 14.1. The van der Waals surface area contributed by atoms with Gasteiger partial charge in [0.15, 0.2) is 20.8 Å². The Morgan fingerprint density at radius 1 is 1.24 bits per heavy atom. The maximum atomic E-state index is 13.2. The molecule has 2 N–H and O–H groups in total. The predicted octanol–water partition coefficient (Wildman–Crippen LogP) is 5.66. The fourth-order valence-corrected chi connectivity index (χ4v) is 6.71. The summed E-state index contributed by atoms with van der Waals surface area (Å²) in [7, 11) is -6.26. The van der Waals surface area contributed by atoms with Gasteiger partial charge < -0.3 is 28.6 Å². The van der Waals surface area contributed by atoms with Crippen molar-refractivity contribution in [3.05, 3.63) is 40.0 Å². The normalized spacial score (nSPS) is 16.7. The van der Waals surface area contributed by atoms with Gasteiger partial charge in [0.2, 0.25) is 5.08 Å². The Balaban J connectivity index is 1.98. The molecule has 0 spiro atoms. The summed E-state index contributed by atoms with van der Waals surface area (Å²) < 4.78 is 39.2. The third-order valence-corrected chi connectivity index (χ3v) is 9.82. The van der Waals surface area contributed by atoms with E-state index in [1.54, 1.807) is 44.4 Å². The van der Waals surface area contributed by atoms with Crippen LogP contribution in [0.2, 0.25) is 0 Å². The van der Waals surface area contributed by atoms with Crippen molar-refractivity contribution in [2.24, 2.45) is 0 Å². The van der Waals surface area contributed by atoms with Crippen LogP contribution in [0.5, 0.6) is 0 Å². The molecule has 34 heavy (non-hydrogen) atoms. The van der Waals surface area contributed by atoms with Crippen molar-refractivity contribution >= 4 is 61.3 Å². The van der Waals surface area contributed by atoms with E-state index in [1.807, 2.05) is 11.5 Å². The average molecular weight is 621 g/mol. The summed E-state index contributed by atoms with van der Waals surface area (Å²) in [6, 6.07) is 6.84. The first-order chi connectivity index (χ1) is 16.1. The number of halogens is 1. The Hall–Kier alpha value is -1.36. The van der Waals surface area contributed by atoms with Crippen molar-refractivity contribution < 1.29 is 23.3 Å². The van der Waals surface area contributed by atoms with E-state index in [9.17, 15) is 14.0 Å². The number of aromatic nitrogens is 4. The van der Waals surface area contributed by atoms with Gasteiger partial charge in [-0.1, -0.05) is 19.1 Å². The SMILES string of the molecule is CCOC([PH2]=O)(c1ccc(Nc2nc(I)nc3c2ncn3C(C)C)cc1)P(=O)(O)OC(C)CC. The molecule has 0 saturated heterocycles. The molecule has 0 amide bonds. The van der Waals surface area contributed by atoms with E-state index in [0.717, 1.165) is 5.65 Å². The predicted molar refractivity (Wildman–Crippen MR) is 143 cm³/mol. The molecule has 0 bridgehead atoms. The maximum Gasteiger partial charge on any atom is 0.371 e. The van der Waals surface area contributed by atoms with E-state index in [4.69, 9.17) is 9.26 Å². The lowest BCUT2D eigenvalue weighted by molar-refractivity contribution is 0.0492. The summed E-state index contributed by atoms with van der Waals surface area (Å²) in [5.41, 5.74) is 2.33. The molecule has 3 rings (SSSR count). The lowest BCUT2D eigenvalue weighted by Gasteiger charge is -2.33. The Kier molecular flexibility index (Phi) is 8.92. The monoisotopic (exact) mass is 621 g/mol. The topological polar surface area (TPSA) is 128 Å². The number of benzene rings is 1. The summed E-state index contributed by atoms with van der Waals surface area (Å²) in [6.45, 7) is 9.41. The fraction of sp³-hybridized carbons (Fsp3) is 0.476. The van der Waals surface area contributed by atoms with E-state index < -0.39 is 27.2 Å². The van der Waals surface area contributed by atoms with Crippen LogP contribution in [0.3, 0.4) is 0 Å². The molecule has 0 aliphatic carbocycles. The number of nitrogens with one attached hydrogen (secondary N) is 1. The number of nitrogens with zero attached hydrogens (tertiary/aromatic N) is 4. The summed E-state index contributed by atoms with van der Waals surface area (Å²) in [5, 5.41) is 1.32. The van der Waals surface area contributed by atoms with Crippen LogP contribution < -0.4 is 5.32 Å². The minimum Gasteiger partial charge on any atom is -0.352 e. The van der Waals surface area contributed by atoms with Crippen LogP contribution in [-0.4, -0.2) is 37.1 Å². The molecule has 0 aliphatic rings. The number of hydrogen-bond acceptors (Lipinski definition) is 8. The molecule has 4 unspecified atom stereocenters. The molecule has 186 valence electrons. The Labute approximate surface area is 213 Å². The van der Waals surface area contributed by atoms with Gasteiger partial charge in [-0.2, -0.15) is 0 Å². The molecule has 0 aliphatic heterocycles. The zero-order chi connectivity index (χ0) is 25.1. The number of hydrogen-bond donors (Lipinski definition) is 2. The van der Waals surface area contributed by atoms with Crippen molar-refractivity contribution in [2.45, 2.75) is 58.3 Å². The fourth-order valence-electron chi connectivity index (χ4n) is 3.40. The molecule has 10 nitrogen and oxygen atoms in total. The third-order valence-electron chi connectivity index (χ3n) is 5.35. The lowest BCUT2D eigenvalue weighted by atomic mass is 10.2. The molecule has 2 heterocycles. The molecule has 0 saturated carbocycles. The largest absolute Gasteiger partial charge is 0.371 e. The highest BCUT2D eigenvalue weighted by Crippen LogP contribution is 2.67. The third kappa shape index (κ3) is 5.39. The van der Waals surface area contributed by atoms with Crippen LogP contribution in [-0.2, 0) is 23.5 Å². The van der Waals surface area contributed by atoms with Crippen LogP contribution in [0.15, 0.2) is 30.6 Å². The Morgan fingerprint density at radius 2 is 1.91 bits per heavy atom. The summed E-state index contributed by atoms with van der Waals surface area (Å²) in [5.74, 6) is 0.542. The van der Waals surface area contributed by atoms with Gasteiger partial charge in [-0.25, -0.2) is 15.0 Å². The standard InChI is InChI=1S/C21H30IN5O5P2/c1-6-14(5)32-34(29,30)21(33-28,31-7-2)15-8-10-16(11-9-15)24-18-17-19(26-20(22)25-18)27(12-23-17)13(3)4/h8-14H,6-7,33H2,1-5H3,(H,29,30)(H,24,25,26). The van der Waals surface area contributed by atoms with Crippen molar-refractivity contribution in [1.82, 2.24) is 19.5 Å². The second-order valence-electron chi connectivity index (χ2n) is 8.05. The van der Waals surface area contributed by atoms with E-state index >= 15 is 0 Å². The van der Waals surface area contributed by atoms with Gasteiger partial charge in [0.25, 0.3) is 0 Å². The molecule has 1 aromatic carbocycles. The van der Waals surface area contributed by atoms with Crippen LogP contribution >= 0.6 is 38.6 Å². The molecule has 4 atom stereocenters. The highest BCUT2D eigenvalue weighted by atomic mass is 127. The van der Waals surface area contributed by atoms with Gasteiger partial charge in [-0.15, -0.1) is 0 Å². The van der Waals surface area contributed by atoms with Crippen molar-refractivity contribution in [3.63, 3.8) is 0 Å². The number of anilines is 2. The highest BCUT2D eigenvalue weighted by Gasteiger charge is 2.52. The first-order valence-electron chi connectivity index (χ1n) is 11.0. The lowest BCUT2D eigenvalue weighted by Crippen LogP contribution is -2.26. The number of rotatable bonds is 11. The smallest absolute Gasteiger partial charge is 0.352 e. The van der Waals surface area contributed by atoms with Gasteiger partial charge in [-0.05, 0) is 46.2 Å². The maximum absolute atomic E-state index is 13.2. The summed E-state index contributed by atoms with van der Waals surface area (Å²) >= 11 is 2.06. The van der Waals surface area contributed by atoms with Gasteiger partial charge in [0, 0.05) is 46.5 Å². The average Bonchev–Trinajstić information content (AvgIpc) is 3.22. The number of fused-ring (bicyclic) bond motifs is 1. The summed E-state index contributed by atoms with van der Waals surface area (Å²) in [6.07, 6.45) is 1.77. The minimum atomic E-state index is -4.42. The Bertz CT molecular complexity index is 1210. The second kappa shape index (κ2) is 11.1. The van der Waals surface area contributed by atoms with E-state index in [-0.39, 0.29) is 12.6 Å². The van der Waals surface area contributed by atoms with E-state index in [0.29, 0.717) is 32.8 Å². The van der Waals surface area contributed by atoms with Gasteiger partial charge >= 0.3 is 7.60 Å². The first-order valence-corrected chi connectivity index (χ1v) is 14.7. The second-order valence-corrected chi connectivity index (χ2v) is 12.5. The quantitative estimate of drug-likeness (QED) is 0.158. The molecule has 0 radical (unpaired) electrons. The molecule has 13 heteroatoms. The number of imidazole rings is 1. The van der Waals surface area contributed by atoms with Crippen LogP contribution in [0.4, 0.5) is 11.5 Å². The zero-order valence-corrected chi connectivity index (χ0v) is 23.9. The minimum absolute atomic E-state index is 0.0967. The number of ether oxygens (including phenoxy) is 1. The van der Waals surface area contributed by atoms with Crippen LogP contribution in [0, 0.1) is 3.83 Å². The van der Waals surface area contributed by atoms with Gasteiger partial charge in [0.1, 0.15) is 8.46 Å². The Morgan fingerprint density at radius 3 is 2.47 bits per heavy atom. The molecular weight excluding hydrogens is 591 g/mol. The molecular formula is C21H30IN5O5P2. The summed E-state index contributed by atoms with van der Waals surface area (Å²) in [4.78, 5) is 24.3. The molecule has 0 fully saturated rings. The van der Waals surface area contributed by atoms with E-state index in [1.165, 1.54) is 0 Å². The van der Waals surface area contributed by atoms with Gasteiger partial charge in [0.05, 0.1) is 12.4 Å². The van der Waals surface area contributed by atoms with Crippen molar-refractivity contribution in [1.29, 1.82) is 0 Å². The van der Waals surface area contributed by atoms with Crippen LogP contribution in [0.1, 0.15) is 52.6 Å². The van der Waals surface area contributed by atoms with Crippen molar-refractivity contribution in [3.8, 4) is 0 Å². The molecule has 3 aromatic rings. The van der Waals surface area contributed by atoms with E-state index in [2.05, 4.69) is 56.7 Å². The molecule has 2 aromatic heterocycles. The first kappa shape index (κ1) is 27.2. The van der Waals surface area contributed by atoms with Crippen molar-refractivity contribution in [2.75, 3.05) is 11.9 Å². The zero-order valence-electron chi connectivity index (χ0n) is 19.7.